The van der Waals surface area contributed by atoms with Gasteiger partial charge in [-0.2, -0.15) is 4.31 Å². The second-order valence-electron chi connectivity index (χ2n) is 7.41. The van der Waals surface area contributed by atoms with E-state index in [4.69, 9.17) is 0 Å². The number of nitrogens with zero attached hydrogens (tertiary/aromatic N) is 2. The molecule has 2 aromatic carbocycles. The quantitative estimate of drug-likeness (QED) is 0.743. The molecule has 0 aromatic heterocycles. The number of nitrogens with one attached hydrogen (secondary N) is 1. The lowest BCUT2D eigenvalue weighted by molar-refractivity contribution is 0.102. The standard InChI is InChI=1S/C22H29N3O3S/c1-3-15-24(2)20-11-7-18(8-12-20)22(26)23-19-9-13-21(14-10-19)29(27,28)25-16-5-4-6-17-25/h7-14H,3-6,15-17H2,1-2H3,(H,23,26). The van der Waals surface area contributed by atoms with Gasteiger partial charge in [-0.15, -0.1) is 0 Å². The van der Waals surface area contributed by atoms with Crippen molar-refractivity contribution in [2.75, 3.05) is 36.9 Å². The summed E-state index contributed by atoms with van der Waals surface area (Å²) in [6, 6.07) is 13.8. The molecule has 0 saturated carbocycles. The molecule has 0 aliphatic carbocycles. The minimum absolute atomic E-state index is 0.221. The lowest BCUT2D eigenvalue weighted by atomic mass is 10.1. The van der Waals surface area contributed by atoms with Crippen LogP contribution in [0, 0.1) is 0 Å². The summed E-state index contributed by atoms with van der Waals surface area (Å²) in [6.45, 7) is 4.23. The van der Waals surface area contributed by atoms with Crippen molar-refractivity contribution < 1.29 is 13.2 Å². The molecule has 1 aliphatic rings. The van der Waals surface area contributed by atoms with Crippen LogP contribution in [0.3, 0.4) is 0 Å². The Bertz CT molecular complexity index is 919. The molecule has 1 amide bonds. The SMILES string of the molecule is CCCN(C)c1ccc(C(=O)Nc2ccc(S(=O)(=O)N3CCCCC3)cc2)cc1. The Morgan fingerprint density at radius 2 is 1.62 bits per heavy atom. The van der Waals surface area contributed by atoms with Gasteiger partial charge in [-0.05, 0) is 67.8 Å². The van der Waals surface area contributed by atoms with Crippen molar-refractivity contribution >= 4 is 27.3 Å². The number of sulfonamides is 1. The molecule has 0 unspecified atom stereocenters. The molecule has 2 aromatic rings. The number of piperidine rings is 1. The Morgan fingerprint density at radius 3 is 2.21 bits per heavy atom. The summed E-state index contributed by atoms with van der Waals surface area (Å²) in [5.74, 6) is -0.221. The Kier molecular flexibility index (Phi) is 6.92. The lowest BCUT2D eigenvalue weighted by Gasteiger charge is -2.25. The topological polar surface area (TPSA) is 69.7 Å². The minimum Gasteiger partial charge on any atom is -0.375 e. The van der Waals surface area contributed by atoms with Crippen LogP contribution >= 0.6 is 0 Å². The van der Waals surface area contributed by atoms with E-state index in [1.807, 2.05) is 19.2 Å². The largest absolute Gasteiger partial charge is 0.375 e. The van der Waals surface area contributed by atoms with Crippen LogP contribution < -0.4 is 10.2 Å². The maximum atomic E-state index is 12.7. The van der Waals surface area contributed by atoms with E-state index in [0.717, 1.165) is 37.9 Å². The molecule has 29 heavy (non-hydrogen) atoms. The van der Waals surface area contributed by atoms with Crippen LogP contribution in [0.15, 0.2) is 53.4 Å². The average molecular weight is 416 g/mol. The smallest absolute Gasteiger partial charge is 0.255 e. The Morgan fingerprint density at radius 1 is 1.00 bits per heavy atom. The van der Waals surface area contributed by atoms with E-state index in [1.54, 1.807) is 40.7 Å². The zero-order chi connectivity index (χ0) is 20.9. The molecule has 1 saturated heterocycles. The number of rotatable bonds is 7. The molecular formula is C22H29N3O3S. The van der Waals surface area contributed by atoms with Gasteiger partial charge in [0.1, 0.15) is 0 Å². The van der Waals surface area contributed by atoms with Crippen molar-refractivity contribution in [2.45, 2.75) is 37.5 Å². The van der Waals surface area contributed by atoms with Crippen molar-refractivity contribution in [3.05, 3.63) is 54.1 Å². The van der Waals surface area contributed by atoms with Crippen molar-refractivity contribution in [3.8, 4) is 0 Å². The second kappa shape index (κ2) is 9.41. The minimum atomic E-state index is -3.46. The van der Waals surface area contributed by atoms with Gasteiger partial charge in [-0.1, -0.05) is 13.3 Å². The van der Waals surface area contributed by atoms with E-state index in [1.165, 1.54) is 0 Å². The monoisotopic (exact) mass is 415 g/mol. The summed E-state index contributed by atoms with van der Waals surface area (Å²) in [5.41, 5.74) is 2.19. The van der Waals surface area contributed by atoms with E-state index in [2.05, 4.69) is 17.1 Å². The van der Waals surface area contributed by atoms with Crippen LogP contribution in [0.5, 0.6) is 0 Å². The van der Waals surface area contributed by atoms with Crippen molar-refractivity contribution in [1.82, 2.24) is 4.31 Å². The summed E-state index contributed by atoms with van der Waals surface area (Å²) >= 11 is 0. The fraction of sp³-hybridized carbons (Fsp3) is 0.409. The number of amides is 1. The highest BCUT2D eigenvalue weighted by atomic mass is 32.2. The van der Waals surface area contributed by atoms with Gasteiger partial charge in [0.25, 0.3) is 5.91 Å². The first-order chi connectivity index (χ1) is 13.9. The number of anilines is 2. The number of carbonyl (C=O) groups excluding carboxylic acids is 1. The summed E-state index contributed by atoms with van der Waals surface area (Å²) < 4.78 is 27.0. The molecule has 0 atom stereocenters. The molecule has 1 aliphatic heterocycles. The van der Waals surface area contributed by atoms with E-state index in [0.29, 0.717) is 24.3 Å². The second-order valence-corrected chi connectivity index (χ2v) is 9.35. The Labute approximate surface area is 173 Å². The molecule has 0 bridgehead atoms. The van der Waals surface area contributed by atoms with E-state index >= 15 is 0 Å². The third-order valence-electron chi connectivity index (χ3n) is 5.19. The van der Waals surface area contributed by atoms with E-state index in [-0.39, 0.29) is 10.8 Å². The zero-order valence-corrected chi connectivity index (χ0v) is 17.9. The van der Waals surface area contributed by atoms with Gasteiger partial charge in [0, 0.05) is 43.6 Å². The zero-order valence-electron chi connectivity index (χ0n) is 17.1. The van der Waals surface area contributed by atoms with Gasteiger partial charge in [-0.3, -0.25) is 4.79 Å². The van der Waals surface area contributed by atoms with Gasteiger partial charge < -0.3 is 10.2 Å². The molecule has 156 valence electrons. The third kappa shape index (κ3) is 5.16. The normalized spacial score (nSPS) is 15.1. The number of hydrogen-bond donors (Lipinski definition) is 1. The van der Waals surface area contributed by atoms with Gasteiger partial charge in [0.05, 0.1) is 4.90 Å². The number of carbonyl (C=O) groups is 1. The van der Waals surface area contributed by atoms with Crippen LogP contribution in [0.4, 0.5) is 11.4 Å². The molecule has 1 fully saturated rings. The van der Waals surface area contributed by atoms with Crippen molar-refractivity contribution in [3.63, 3.8) is 0 Å². The van der Waals surface area contributed by atoms with Crippen LogP contribution in [0.1, 0.15) is 43.0 Å². The predicted molar refractivity (Wildman–Crippen MR) is 117 cm³/mol. The molecule has 1 heterocycles. The van der Waals surface area contributed by atoms with Crippen molar-refractivity contribution in [2.24, 2.45) is 0 Å². The molecule has 1 N–H and O–H groups in total. The lowest BCUT2D eigenvalue weighted by Crippen LogP contribution is -2.35. The van der Waals surface area contributed by atoms with Crippen LogP contribution in [0.2, 0.25) is 0 Å². The summed E-state index contributed by atoms with van der Waals surface area (Å²) in [5, 5.41) is 2.83. The van der Waals surface area contributed by atoms with Crippen LogP contribution in [-0.2, 0) is 10.0 Å². The van der Waals surface area contributed by atoms with Gasteiger partial charge in [0.15, 0.2) is 0 Å². The molecule has 0 spiro atoms. The molecular weight excluding hydrogens is 386 g/mol. The highest BCUT2D eigenvalue weighted by Gasteiger charge is 2.25. The van der Waals surface area contributed by atoms with Gasteiger partial charge >= 0.3 is 0 Å². The highest BCUT2D eigenvalue weighted by molar-refractivity contribution is 7.89. The van der Waals surface area contributed by atoms with Gasteiger partial charge in [-0.25, -0.2) is 8.42 Å². The maximum Gasteiger partial charge on any atom is 0.255 e. The highest BCUT2D eigenvalue weighted by Crippen LogP contribution is 2.22. The average Bonchev–Trinajstić information content (AvgIpc) is 2.75. The summed E-state index contributed by atoms with van der Waals surface area (Å²) in [4.78, 5) is 14.9. The first-order valence-electron chi connectivity index (χ1n) is 10.1. The van der Waals surface area contributed by atoms with E-state index in [9.17, 15) is 13.2 Å². The predicted octanol–water partition coefficient (Wildman–Crippen LogP) is 3.96. The van der Waals surface area contributed by atoms with Crippen LogP contribution in [-0.4, -0.2) is 45.3 Å². The molecule has 6 nitrogen and oxygen atoms in total. The molecule has 3 rings (SSSR count). The first-order valence-corrected chi connectivity index (χ1v) is 11.6. The maximum absolute atomic E-state index is 12.7. The third-order valence-corrected chi connectivity index (χ3v) is 7.11. The first kappa shape index (κ1) is 21.3. The summed E-state index contributed by atoms with van der Waals surface area (Å²) in [6.07, 6.45) is 3.94. The Balaban J connectivity index is 1.65. The molecule has 7 heteroatoms. The summed E-state index contributed by atoms with van der Waals surface area (Å²) in [7, 11) is -1.44. The van der Waals surface area contributed by atoms with Crippen LogP contribution in [0.25, 0.3) is 0 Å². The molecule has 0 radical (unpaired) electrons. The van der Waals surface area contributed by atoms with E-state index < -0.39 is 10.0 Å². The Hall–Kier alpha value is -2.38. The fourth-order valence-corrected chi connectivity index (χ4v) is 5.02. The number of benzene rings is 2. The van der Waals surface area contributed by atoms with Gasteiger partial charge in [0.2, 0.25) is 10.0 Å². The fourth-order valence-electron chi connectivity index (χ4n) is 3.50. The van der Waals surface area contributed by atoms with Crippen molar-refractivity contribution in [1.29, 1.82) is 0 Å². The number of hydrogen-bond acceptors (Lipinski definition) is 4.